The number of phenolic OH excluding ortho intramolecular Hbond substituents is 1. The summed E-state index contributed by atoms with van der Waals surface area (Å²) in [4.78, 5) is 17.8. The summed E-state index contributed by atoms with van der Waals surface area (Å²) in [6.07, 6.45) is 1.55. The molecule has 2 aromatic heterocycles. The van der Waals surface area contributed by atoms with Crippen molar-refractivity contribution in [1.82, 2.24) is 15.0 Å². The van der Waals surface area contributed by atoms with Crippen molar-refractivity contribution in [2.45, 2.75) is 0 Å². The number of nitrogens with two attached hydrogens (primary N) is 1. The first kappa shape index (κ1) is 18.8. The zero-order valence-electron chi connectivity index (χ0n) is 15.4. The van der Waals surface area contributed by atoms with Crippen LogP contribution in [0.5, 0.6) is 11.5 Å². The van der Waals surface area contributed by atoms with Gasteiger partial charge in [0.15, 0.2) is 23.0 Å². The predicted octanol–water partition coefficient (Wildman–Crippen LogP) is 4.21. The monoisotopic (exact) mass is 449 g/mol. The highest BCUT2D eigenvalue weighted by Gasteiger charge is 2.09. The number of hydrogen-bond acceptors (Lipinski definition) is 6. The molecule has 144 valence electrons. The maximum Gasteiger partial charge on any atom is 0.180 e. The van der Waals surface area contributed by atoms with E-state index in [-0.39, 0.29) is 5.75 Å². The van der Waals surface area contributed by atoms with Crippen LogP contribution in [-0.2, 0) is 0 Å². The molecule has 0 aliphatic rings. The third kappa shape index (κ3) is 4.02. The first-order valence-corrected chi connectivity index (χ1v) is 9.44. The maximum atomic E-state index is 9.79. The van der Waals surface area contributed by atoms with Crippen molar-refractivity contribution in [2.24, 2.45) is 10.7 Å². The first-order chi connectivity index (χ1) is 14.0. The molecule has 3 N–H and O–H groups in total. The third-order valence-electron chi connectivity index (χ3n) is 4.24. The highest BCUT2D eigenvalue weighted by Crippen LogP contribution is 2.31. The van der Waals surface area contributed by atoms with Crippen molar-refractivity contribution < 1.29 is 9.84 Å². The lowest BCUT2D eigenvalue weighted by Crippen LogP contribution is -2.12. The number of ether oxygens (including phenoxy) is 1. The molecule has 7 nitrogen and oxygen atoms in total. The van der Waals surface area contributed by atoms with E-state index in [1.165, 1.54) is 7.11 Å². The number of aromatic nitrogens is 3. The van der Waals surface area contributed by atoms with Gasteiger partial charge >= 0.3 is 0 Å². The summed E-state index contributed by atoms with van der Waals surface area (Å²) in [7, 11) is 1.50. The quantitative estimate of drug-likeness (QED) is 0.357. The van der Waals surface area contributed by atoms with Crippen LogP contribution in [0.25, 0.3) is 22.4 Å². The van der Waals surface area contributed by atoms with Gasteiger partial charge in [-0.3, -0.25) is 0 Å². The molecule has 0 saturated carbocycles. The van der Waals surface area contributed by atoms with Crippen molar-refractivity contribution in [2.75, 3.05) is 7.11 Å². The number of aliphatic imine (C=N–C) groups is 1. The molecule has 8 heteroatoms. The highest BCUT2D eigenvalue weighted by atomic mass is 79.9. The third-order valence-corrected chi connectivity index (χ3v) is 4.77. The smallest absolute Gasteiger partial charge is 0.180 e. The summed E-state index contributed by atoms with van der Waals surface area (Å²) in [5, 5.41) is 9.79. The molecule has 0 aliphatic carbocycles. The van der Waals surface area contributed by atoms with Crippen molar-refractivity contribution in [3.8, 4) is 22.8 Å². The van der Waals surface area contributed by atoms with E-state index in [1.54, 1.807) is 24.4 Å². The molecule has 0 spiro atoms. The fourth-order valence-corrected chi connectivity index (χ4v) is 3.01. The molecule has 0 bridgehead atoms. The molecule has 4 rings (SSSR count). The lowest BCUT2D eigenvalue weighted by atomic mass is 10.1. The van der Waals surface area contributed by atoms with Crippen LogP contribution in [-0.4, -0.2) is 33.0 Å². The second kappa shape index (κ2) is 7.84. The van der Waals surface area contributed by atoms with Gasteiger partial charge in [0.2, 0.25) is 0 Å². The van der Waals surface area contributed by atoms with Crippen molar-refractivity contribution in [3.63, 3.8) is 0 Å². The minimum atomic E-state index is 0.0665. The summed E-state index contributed by atoms with van der Waals surface area (Å²) in [5.41, 5.74) is 9.42. The fourth-order valence-electron chi connectivity index (χ4n) is 2.75. The Kier molecular flexibility index (Phi) is 5.09. The summed E-state index contributed by atoms with van der Waals surface area (Å²) in [6, 6.07) is 16.2. The van der Waals surface area contributed by atoms with E-state index in [4.69, 9.17) is 10.5 Å². The Hall–Kier alpha value is -3.52. The number of nitrogens with zero attached hydrogens (tertiary/aromatic N) is 4. The number of rotatable bonds is 4. The Balaban J connectivity index is 1.72. The fraction of sp³-hybridized carbons (Fsp3) is 0.0476. The second-order valence-corrected chi connectivity index (χ2v) is 7.07. The largest absolute Gasteiger partial charge is 0.504 e. The van der Waals surface area contributed by atoms with E-state index < -0.39 is 0 Å². The van der Waals surface area contributed by atoms with Gasteiger partial charge in [-0.1, -0.05) is 28.1 Å². The van der Waals surface area contributed by atoms with E-state index in [0.717, 1.165) is 15.6 Å². The van der Waals surface area contributed by atoms with Crippen molar-refractivity contribution in [3.05, 3.63) is 70.8 Å². The molecule has 0 amide bonds. The summed E-state index contributed by atoms with van der Waals surface area (Å²) < 4.78 is 6.13. The van der Waals surface area contributed by atoms with Gasteiger partial charge in [-0.2, -0.15) is 0 Å². The molecule has 4 aromatic rings. The lowest BCUT2D eigenvalue weighted by Gasteiger charge is -2.07. The Labute approximate surface area is 175 Å². The van der Waals surface area contributed by atoms with Crippen LogP contribution in [0.15, 0.2) is 70.3 Å². The molecule has 0 aliphatic heterocycles. The van der Waals surface area contributed by atoms with Crippen molar-refractivity contribution in [1.29, 1.82) is 0 Å². The summed E-state index contributed by atoms with van der Waals surface area (Å²) >= 11 is 3.39. The number of amidine groups is 1. The van der Waals surface area contributed by atoms with E-state index in [9.17, 15) is 5.11 Å². The number of halogens is 1. The predicted molar refractivity (Wildman–Crippen MR) is 116 cm³/mol. The topological polar surface area (TPSA) is 107 Å². The molecule has 2 aromatic carbocycles. The first-order valence-electron chi connectivity index (χ1n) is 8.65. The van der Waals surface area contributed by atoms with Gasteiger partial charge in [-0.25, -0.2) is 19.9 Å². The molecule has 0 radical (unpaired) electrons. The Morgan fingerprint density at radius 1 is 1.07 bits per heavy atom. The van der Waals surface area contributed by atoms with Gasteiger partial charge in [-0.05, 0) is 42.5 Å². The maximum absolute atomic E-state index is 9.79. The minimum absolute atomic E-state index is 0.0665. The molecule has 0 unspecified atom stereocenters. The second-order valence-electron chi connectivity index (χ2n) is 6.16. The molecule has 0 saturated heterocycles. The van der Waals surface area contributed by atoms with Crippen LogP contribution in [0.1, 0.15) is 5.56 Å². The van der Waals surface area contributed by atoms with Crippen LogP contribution in [0, 0.1) is 0 Å². The SMILES string of the molecule is COc1cc(-c2ccc3ncc(N=C(N)c4ccc(Br)cc4)nc3n2)ccc1O. The minimum Gasteiger partial charge on any atom is -0.504 e. The molecule has 29 heavy (non-hydrogen) atoms. The average Bonchev–Trinajstić information content (AvgIpc) is 2.74. The molecular formula is C21H16BrN5O2. The van der Waals surface area contributed by atoms with E-state index in [0.29, 0.717) is 34.3 Å². The van der Waals surface area contributed by atoms with Crippen LogP contribution < -0.4 is 10.5 Å². The number of methoxy groups -OCH3 is 1. The zero-order chi connectivity index (χ0) is 20.4. The number of fused-ring (bicyclic) bond motifs is 1. The Morgan fingerprint density at radius 3 is 2.62 bits per heavy atom. The van der Waals surface area contributed by atoms with E-state index in [2.05, 4.69) is 35.9 Å². The molecular weight excluding hydrogens is 434 g/mol. The van der Waals surface area contributed by atoms with Crippen molar-refractivity contribution >= 4 is 38.7 Å². The van der Waals surface area contributed by atoms with Crippen LogP contribution in [0.4, 0.5) is 5.82 Å². The zero-order valence-corrected chi connectivity index (χ0v) is 17.0. The lowest BCUT2D eigenvalue weighted by molar-refractivity contribution is 0.373. The van der Waals surface area contributed by atoms with Crippen LogP contribution >= 0.6 is 15.9 Å². The molecule has 0 fully saturated rings. The number of hydrogen-bond donors (Lipinski definition) is 2. The van der Waals surface area contributed by atoms with Gasteiger partial charge in [0, 0.05) is 15.6 Å². The number of pyridine rings is 1. The normalized spacial score (nSPS) is 11.6. The molecule has 2 heterocycles. The molecule has 0 atom stereocenters. The van der Waals surface area contributed by atoms with Gasteiger partial charge < -0.3 is 15.6 Å². The average molecular weight is 450 g/mol. The van der Waals surface area contributed by atoms with E-state index in [1.807, 2.05) is 36.4 Å². The van der Waals surface area contributed by atoms with Gasteiger partial charge in [0.05, 0.1) is 19.0 Å². The van der Waals surface area contributed by atoms with E-state index >= 15 is 0 Å². The summed E-state index contributed by atoms with van der Waals surface area (Å²) in [5.74, 6) is 1.14. The Bertz CT molecular complexity index is 1230. The Morgan fingerprint density at radius 2 is 1.86 bits per heavy atom. The van der Waals surface area contributed by atoms with Gasteiger partial charge in [-0.15, -0.1) is 0 Å². The highest BCUT2D eigenvalue weighted by molar-refractivity contribution is 9.10. The van der Waals surface area contributed by atoms with Crippen LogP contribution in [0.2, 0.25) is 0 Å². The van der Waals surface area contributed by atoms with Gasteiger partial charge in [0.25, 0.3) is 0 Å². The number of phenols is 1. The number of benzene rings is 2. The van der Waals surface area contributed by atoms with Gasteiger partial charge in [0.1, 0.15) is 11.4 Å². The standard InChI is InChI=1S/C21H16BrN5O2/c1-29-18-10-13(4-9-17(18)28)15-7-8-16-21(25-15)27-19(11-24-16)26-20(23)12-2-5-14(22)6-3-12/h2-11,28H,1H3,(H2,23,25,26,27). The summed E-state index contributed by atoms with van der Waals surface area (Å²) in [6.45, 7) is 0. The van der Waals surface area contributed by atoms with Crippen LogP contribution in [0.3, 0.4) is 0 Å². The number of aromatic hydroxyl groups is 1.